The van der Waals surface area contributed by atoms with Crippen molar-refractivity contribution in [3.63, 3.8) is 0 Å². The maximum absolute atomic E-state index is 13.4. The highest BCUT2D eigenvalue weighted by atomic mass is 32.1. The van der Waals surface area contributed by atoms with Crippen molar-refractivity contribution in [1.82, 2.24) is 14.9 Å². The summed E-state index contributed by atoms with van der Waals surface area (Å²) >= 11 is 1.62. The van der Waals surface area contributed by atoms with Crippen LogP contribution in [-0.2, 0) is 7.05 Å². The number of benzene rings is 1. The maximum atomic E-state index is 13.4. The molecule has 0 saturated carbocycles. The van der Waals surface area contributed by atoms with Gasteiger partial charge in [0.25, 0.3) is 0 Å². The molecule has 0 aliphatic carbocycles. The standard InChI is InChI=1S/C16H18FN3S/c1-3-6-18-15(16-19-7-8-20(16)2)14-9-11-4-5-12(17)10-13(11)21-14/h4-5,7-10,15,18H,3,6H2,1-2H3. The second-order valence-electron chi connectivity index (χ2n) is 5.11. The van der Waals surface area contributed by atoms with Gasteiger partial charge in [0.15, 0.2) is 0 Å². The van der Waals surface area contributed by atoms with Gasteiger partial charge in [0.1, 0.15) is 17.7 Å². The lowest BCUT2D eigenvalue weighted by molar-refractivity contribution is 0.562. The number of aromatic nitrogens is 2. The Kier molecular flexibility index (Phi) is 4.03. The zero-order valence-electron chi connectivity index (χ0n) is 12.1. The maximum Gasteiger partial charge on any atom is 0.131 e. The van der Waals surface area contributed by atoms with Gasteiger partial charge in [-0.25, -0.2) is 9.37 Å². The predicted octanol–water partition coefficient (Wildman–Crippen LogP) is 3.86. The number of halogens is 1. The first-order valence-electron chi connectivity index (χ1n) is 7.08. The van der Waals surface area contributed by atoms with Crippen LogP contribution in [0.4, 0.5) is 4.39 Å². The van der Waals surface area contributed by atoms with Crippen molar-refractivity contribution in [3.05, 3.63) is 53.2 Å². The van der Waals surface area contributed by atoms with Gasteiger partial charge in [0, 0.05) is 29.0 Å². The van der Waals surface area contributed by atoms with Crippen LogP contribution in [0.25, 0.3) is 10.1 Å². The van der Waals surface area contributed by atoms with Crippen molar-refractivity contribution in [1.29, 1.82) is 0 Å². The fourth-order valence-corrected chi connectivity index (χ4v) is 3.59. The van der Waals surface area contributed by atoms with Gasteiger partial charge in [-0.15, -0.1) is 11.3 Å². The molecule has 1 atom stereocenters. The number of hydrogen-bond donors (Lipinski definition) is 1. The molecule has 3 rings (SSSR count). The first kappa shape index (κ1) is 14.2. The SMILES string of the molecule is CCCNC(c1cc2ccc(F)cc2s1)c1nccn1C. The third-order valence-electron chi connectivity index (χ3n) is 3.50. The Balaban J connectivity index is 2.03. The molecule has 0 spiro atoms. The van der Waals surface area contributed by atoms with E-state index in [1.54, 1.807) is 17.4 Å². The molecule has 0 bridgehead atoms. The molecule has 0 amide bonds. The van der Waals surface area contributed by atoms with Gasteiger partial charge in [0.2, 0.25) is 0 Å². The molecule has 1 aromatic carbocycles. The van der Waals surface area contributed by atoms with Gasteiger partial charge < -0.3 is 9.88 Å². The molecule has 2 heterocycles. The van der Waals surface area contributed by atoms with Crippen molar-refractivity contribution >= 4 is 21.4 Å². The molecule has 1 unspecified atom stereocenters. The van der Waals surface area contributed by atoms with Crippen LogP contribution in [0.5, 0.6) is 0 Å². The monoisotopic (exact) mass is 303 g/mol. The summed E-state index contributed by atoms with van der Waals surface area (Å²) in [7, 11) is 2.00. The number of aryl methyl sites for hydroxylation is 1. The minimum absolute atomic E-state index is 0.0467. The van der Waals surface area contributed by atoms with E-state index in [0.29, 0.717) is 0 Å². The average molecular weight is 303 g/mol. The minimum Gasteiger partial charge on any atom is -0.336 e. The molecule has 0 aliphatic rings. The summed E-state index contributed by atoms with van der Waals surface area (Å²) in [4.78, 5) is 5.63. The van der Waals surface area contributed by atoms with Crippen LogP contribution in [0.2, 0.25) is 0 Å². The van der Waals surface area contributed by atoms with Crippen LogP contribution in [-0.4, -0.2) is 16.1 Å². The van der Waals surface area contributed by atoms with E-state index >= 15 is 0 Å². The number of rotatable bonds is 5. The molecule has 110 valence electrons. The van der Waals surface area contributed by atoms with E-state index < -0.39 is 0 Å². The highest BCUT2D eigenvalue weighted by molar-refractivity contribution is 7.19. The summed E-state index contributed by atoms with van der Waals surface area (Å²) in [5.41, 5.74) is 0. The van der Waals surface area contributed by atoms with Gasteiger partial charge >= 0.3 is 0 Å². The average Bonchev–Trinajstić information content (AvgIpc) is 3.06. The summed E-state index contributed by atoms with van der Waals surface area (Å²) in [6.45, 7) is 3.06. The topological polar surface area (TPSA) is 29.9 Å². The Morgan fingerprint density at radius 1 is 1.38 bits per heavy atom. The highest BCUT2D eigenvalue weighted by Crippen LogP contribution is 2.33. The quantitative estimate of drug-likeness (QED) is 0.775. The molecule has 21 heavy (non-hydrogen) atoms. The normalized spacial score (nSPS) is 12.9. The van der Waals surface area contributed by atoms with Crippen LogP contribution in [0.15, 0.2) is 36.7 Å². The molecule has 0 radical (unpaired) electrons. The molecule has 1 N–H and O–H groups in total. The molecule has 3 aromatic rings. The Labute approximate surface area is 127 Å². The minimum atomic E-state index is -0.189. The Hall–Kier alpha value is -1.72. The van der Waals surface area contributed by atoms with E-state index in [1.807, 2.05) is 30.1 Å². The Bertz CT molecular complexity index is 747. The summed E-state index contributed by atoms with van der Waals surface area (Å²) in [5.74, 6) is 0.793. The van der Waals surface area contributed by atoms with Gasteiger partial charge in [0.05, 0.1) is 0 Å². The van der Waals surface area contributed by atoms with E-state index in [4.69, 9.17) is 0 Å². The van der Waals surface area contributed by atoms with Crippen molar-refractivity contribution < 1.29 is 4.39 Å². The van der Waals surface area contributed by atoms with Crippen LogP contribution in [0.3, 0.4) is 0 Å². The Morgan fingerprint density at radius 2 is 2.24 bits per heavy atom. The summed E-state index contributed by atoms with van der Waals surface area (Å²) in [5, 5.41) is 4.62. The van der Waals surface area contributed by atoms with Crippen LogP contribution in [0, 0.1) is 5.82 Å². The van der Waals surface area contributed by atoms with Gasteiger partial charge in [-0.05, 0) is 36.6 Å². The smallest absolute Gasteiger partial charge is 0.131 e. The number of nitrogens with one attached hydrogen (secondary N) is 1. The van der Waals surface area contributed by atoms with Gasteiger partial charge in [-0.3, -0.25) is 0 Å². The summed E-state index contributed by atoms with van der Waals surface area (Å²) < 4.78 is 16.4. The lowest BCUT2D eigenvalue weighted by Gasteiger charge is -2.16. The first-order valence-corrected chi connectivity index (χ1v) is 7.90. The van der Waals surface area contributed by atoms with Crippen molar-refractivity contribution in [2.45, 2.75) is 19.4 Å². The highest BCUT2D eigenvalue weighted by Gasteiger charge is 2.20. The second-order valence-corrected chi connectivity index (χ2v) is 6.23. The molecule has 5 heteroatoms. The van der Waals surface area contributed by atoms with Crippen LogP contribution < -0.4 is 5.32 Å². The number of imidazole rings is 1. The van der Waals surface area contributed by atoms with Crippen molar-refractivity contribution in [3.8, 4) is 0 Å². The van der Waals surface area contributed by atoms with Crippen molar-refractivity contribution in [2.24, 2.45) is 7.05 Å². The Morgan fingerprint density at radius 3 is 2.95 bits per heavy atom. The molecule has 0 aliphatic heterocycles. The second kappa shape index (κ2) is 5.95. The van der Waals surface area contributed by atoms with Crippen LogP contribution in [0.1, 0.15) is 30.1 Å². The summed E-state index contributed by atoms with van der Waals surface area (Å²) in [6, 6.07) is 7.11. The largest absolute Gasteiger partial charge is 0.336 e. The number of thiophene rings is 1. The molecule has 0 saturated heterocycles. The number of fused-ring (bicyclic) bond motifs is 1. The summed E-state index contributed by atoms with van der Waals surface area (Å²) in [6.07, 6.45) is 4.81. The zero-order chi connectivity index (χ0) is 14.8. The third kappa shape index (κ3) is 2.84. The molecular weight excluding hydrogens is 285 g/mol. The lowest BCUT2D eigenvalue weighted by Crippen LogP contribution is -2.25. The lowest BCUT2D eigenvalue weighted by atomic mass is 10.2. The van der Waals surface area contributed by atoms with E-state index in [0.717, 1.165) is 28.9 Å². The van der Waals surface area contributed by atoms with Crippen LogP contribution >= 0.6 is 11.3 Å². The molecule has 0 fully saturated rings. The fraction of sp³-hybridized carbons (Fsp3) is 0.312. The van der Waals surface area contributed by atoms with E-state index in [2.05, 4.69) is 23.3 Å². The molecule has 3 nitrogen and oxygen atoms in total. The van der Waals surface area contributed by atoms with E-state index in [-0.39, 0.29) is 11.9 Å². The van der Waals surface area contributed by atoms with E-state index in [9.17, 15) is 4.39 Å². The van der Waals surface area contributed by atoms with Crippen molar-refractivity contribution in [2.75, 3.05) is 6.54 Å². The predicted molar refractivity (Wildman–Crippen MR) is 85.1 cm³/mol. The third-order valence-corrected chi connectivity index (χ3v) is 4.66. The van der Waals surface area contributed by atoms with E-state index in [1.165, 1.54) is 10.9 Å². The molecular formula is C16H18FN3S. The first-order chi connectivity index (χ1) is 10.2. The fourth-order valence-electron chi connectivity index (χ4n) is 2.43. The molecule has 2 aromatic heterocycles. The zero-order valence-corrected chi connectivity index (χ0v) is 13.0. The number of nitrogens with zero attached hydrogens (tertiary/aromatic N) is 2. The number of hydrogen-bond acceptors (Lipinski definition) is 3. The van der Waals surface area contributed by atoms with Gasteiger partial charge in [-0.2, -0.15) is 0 Å². The van der Waals surface area contributed by atoms with Gasteiger partial charge in [-0.1, -0.05) is 13.0 Å².